The van der Waals surface area contributed by atoms with Crippen molar-refractivity contribution < 1.29 is 5.11 Å². The van der Waals surface area contributed by atoms with E-state index in [4.69, 9.17) is 11.6 Å². The molecular weight excluding hydrogens is 294 g/mol. The molecular formula is C14H12ClN3OS. The Labute approximate surface area is 125 Å². The maximum absolute atomic E-state index is 10.1. The van der Waals surface area contributed by atoms with Crippen LogP contribution in [0.25, 0.3) is 16.7 Å². The van der Waals surface area contributed by atoms with Crippen LogP contribution in [0.2, 0.25) is 5.02 Å². The second kappa shape index (κ2) is 4.55. The Bertz CT molecular complexity index is 795. The Hall–Kier alpha value is -1.43. The molecule has 0 spiro atoms. The Morgan fingerprint density at radius 1 is 1.30 bits per heavy atom. The first kappa shape index (κ1) is 12.3. The zero-order valence-electron chi connectivity index (χ0n) is 10.6. The van der Waals surface area contributed by atoms with Gasteiger partial charge >= 0.3 is 0 Å². The minimum absolute atomic E-state index is 0.369. The van der Waals surface area contributed by atoms with Crippen molar-refractivity contribution in [3.8, 4) is 5.69 Å². The number of benzene rings is 1. The van der Waals surface area contributed by atoms with Crippen molar-refractivity contribution in [2.24, 2.45) is 0 Å². The summed E-state index contributed by atoms with van der Waals surface area (Å²) in [6, 6.07) is 5.72. The van der Waals surface area contributed by atoms with Crippen LogP contribution in [0.4, 0.5) is 0 Å². The summed E-state index contributed by atoms with van der Waals surface area (Å²) in [6.07, 6.45) is 4.36. The summed E-state index contributed by atoms with van der Waals surface area (Å²) in [7, 11) is 0. The summed E-state index contributed by atoms with van der Waals surface area (Å²) in [5.74, 6) is 0. The number of rotatable bonds is 1. The van der Waals surface area contributed by atoms with E-state index in [9.17, 15) is 5.11 Å². The van der Waals surface area contributed by atoms with Gasteiger partial charge in [0.05, 0.1) is 28.5 Å². The highest BCUT2D eigenvalue weighted by molar-refractivity contribution is 7.00. The zero-order chi connectivity index (χ0) is 13.7. The van der Waals surface area contributed by atoms with Crippen LogP contribution < -0.4 is 0 Å². The number of aliphatic hydroxyl groups excluding tert-OH is 1. The third-order valence-corrected chi connectivity index (χ3v) is 4.72. The third-order valence-electron chi connectivity index (χ3n) is 3.87. The lowest BCUT2D eigenvalue weighted by Gasteiger charge is -2.20. The topological polar surface area (TPSA) is 50.9 Å². The highest BCUT2D eigenvalue weighted by Gasteiger charge is 2.23. The fourth-order valence-corrected chi connectivity index (χ4v) is 3.70. The SMILES string of the molecule is OC1CCCc2c1ccn2-c1c(Cl)ccc2nsnc12. The largest absolute Gasteiger partial charge is 0.388 e. The van der Waals surface area contributed by atoms with Gasteiger partial charge in [0.15, 0.2) is 0 Å². The summed E-state index contributed by atoms with van der Waals surface area (Å²) < 4.78 is 10.7. The molecule has 0 fully saturated rings. The molecule has 2 heterocycles. The zero-order valence-corrected chi connectivity index (χ0v) is 12.2. The molecule has 1 aromatic carbocycles. The van der Waals surface area contributed by atoms with E-state index in [-0.39, 0.29) is 6.10 Å². The number of fused-ring (bicyclic) bond motifs is 2. The summed E-state index contributed by atoms with van der Waals surface area (Å²) in [4.78, 5) is 0. The number of nitrogens with zero attached hydrogens (tertiary/aromatic N) is 3. The predicted octanol–water partition coefficient (Wildman–Crippen LogP) is 3.51. The van der Waals surface area contributed by atoms with E-state index < -0.39 is 0 Å². The molecule has 102 valence electrons. The molecule has 1 N–H and O–H groups in total. The summed E-state index contributed by atoms with van der Waals surface area (Å²) in [6.45, 7) is 0. The Kier molecular flexibility index (Phi) is 2.80. The Morgan fingerprint density at radius 2 is 2.20 bits per heavy atom. The van der Waals surface area contributed by atoms with Crippen molar-refractivity contribution in [2.45, 2.75) is 25.4 Å². The van der Waals surface area contributed by atoms with Crippen molar-refractivity contribution in [3.05, 3.63) is 40.7 Å². The highest BCUT2D eigenvalue weighted by Crippen LogP contribution is 2.36. The fraction of sp³-hybridized carbons (Fsp3) is 0.286. The van der Waals surface area contributed by atoms with E-state index in [1.165, 1.54) is 11.7 Å². The first-order valence-corrected chi connectivity index (χ1v) is 7.66. The molecule has 6 heteroatoms. The van der Waals surface area contributed by atoms with E-state index in [1.807, 2.05) is 24.4 Å². The molecule has 1 aliphatic rings. The quantitative estimate of drug-likeness (QED) is 0.748. The average molecular weight is 306 g/mol. The van der Waals surface area contributed by atoms with Crippen LogP contribution in [0.1, 0.15) is 30.2 Å². The minimum Gasteiger partial charge on any atom is -0.388 e. The molecule has 0 amide bonds. The fourth-order valence-electron chi connectivity index (χ4n) is 2.92. The smallest absolute Gasteiger partial charge is 0.130 e. The lowest BCUT2D eigenvalue weighted by molar-refractivity contribution is 0.156. The molecule has 0 radical (unpaired) electrons. The van der Waals surface area contributed by atoms with E-state index in [2.05, 4.69) is 13.3 Å². The van der Waals surface area contributed by atoms with Crippen LogP contribution in [0.3, 0.4) is 0 Å². The van der Waals surface area contributed by atoms with Crippen LogP contribution in [-0.4, -0.2) is 18.4 Å². The van der Waals surface area contributed by atoms with Crippen LogP contribution in [0, 0.1) is 0 Å². The molecule has 0 saturated carbocycles. The van der Waals surface area contributed by atoms with Gasteiger partial charge in [0, 0.05) is 17.5 Å². The third kappa shape index (κ3) is 1.70. The van der Waals surface area contributed by atoms with Gasteiger partial charge in [-0.15, -0.1) is 0 Å². The van der Waals surface area contributed by atoms with Crippen LogP contribution in [0.15, 0.2) is 24.4 Å². The lowest BCUT2D eigenvalue weighted by Crippen LogP contribution is -2.11. The molecule has 20 heavy (non-hydrogen) atoms. The van der Waals surface area contributed by atoms with Gasteiger partial charge in [0.1, 0.15) is 11.0 Å². The van der Waals surface area contributed by atoms with E-state index >= 15 is 0 Å². The van der Waals surface area contributed by atoms with Crippen molar-refractivity contribution in [2.75, 3.05) is 0 Å². The lowest BCUT2D eigenvalue weighted by atomic mass is 9.95. The molecule has 0 saturated heterocycles. The van der Waals surface area contributed by atoms with E-state index in [0.29, 0.717) is 5.02 Å². The van der Waals surface area contributed by atoms with Crippen LogP contribution >= 0.6 is 23.3 Å². The van der Waals surface area contributed by atoms with Crippen molar-refractivity contribution >= 4 is 34.4 Å². The van der Waals surface area contributed by atoms with E-state index in [0.717, 1.165) is 47.2 Å². The average Bonchev–Trinajstić information content (AvgIpc) is 3.06. The summed E-state index contributed by atoms with van der Waals surface area (Å²) >= 11 is 7.57. The molecule has 4 rings (SSSR count). The first-order chi connectivity index (χ1) is 9.75. The van der Waals surface area contributed by atoms with Crippen molar-refractivity contribution in [3.63, 3.8) is 0 Å². The van der Waals surface area contributed by atoms with Gasteiger partial charge in [-0.05, 0) is 37.5 Å². The van der Waals surface area contributed by atoms with Gasteiger partial charge in [-0.3, -0.25) is 0 Å². The molecule has 2 aromatic heterocycles. The first-order valence-electron chi connectivity index (χ1n) is 6.55. The number of hydrogen-bond acceptors (Lipinski definition) is 4. The highest BCUT2D eigenvalue weighted by atomic mass is 35.5. The second-order valence-corrected chi connectivity index (χ2v) is 5.96. The van der Waals surface area contributed by atoms with Crippen LogP contribution in [0.5, 0.6) is 0 Å². The molecule has 1 atom stereocenters. The maximum atomic E-state index is 10.1. The van der Waals surface area contributed by atoms with Gasteiger partial charge in [0.25, 0.3) is 0 Å². The summed E-state index contributed by atoms with van der Waals surface area (Å²) in [5.41, 5.74) is 4.68. The van der Waals surface area contributed by atoms with Gasteiger partial charge in [-0.25, -0.2) is 0 Å². The molecule has 3 aromatic rings. The van der Waals surface area contributed by atoms with Gasteiger partial charge < -0.3 is 9.67 Å². The Morgan fingerprint density at radius 3 is 3.10 bits per heavy atom. The van der Waals surface area contributed by atoms with E-state index in [1.54, 1.807) is 0 Å². The minimum atomic E-state index is -0.369. The van der Waals surface area contributed by atoms with Gasteiger partial charge in [0.2, 0.25) is 0 Å². The van der Waals surface area contributed by atoms with Crippen LogP contribution in [-0.2, 0) is 6.42 Å². The second-order valence-electron chi connectivity index (χ2n) is 5.02. The molecule has 0 aliphatic heterocycles. The number of aromatic nitrogens is 3. The molecule has 0 bridgehead atoms. The summed E-state index contributed by atoms with van der Waals surface area (Å²) in [5, 5.41) is 10.7. The predicted molar refractivity (Wildman–Crippen MR) is 79.6 cm³/mol. The van der Waals surface area contributed by atoms with Gasteiger partial charge in [-0.1, -0.05) is 11.6 Å². The molecule has 1 aliphatic carbocycles. The standard InChI is InChI=1S/C14H12ClN3OS/c15-9-4-5-10-13(17-20-16-10)14(9)18-7-6-8-11(18)2-1-3-12(8)19/h4-7,12,19H,1-3H2. The van der Waals surface area contributed by atoms with Gasteiger partial charge in [-0.2, -0.15) is 8.75 Å². The normalized spacial score (nSPS) is 18.4. The monoisotopic (exact) mass is 305 g/mol. The molecule has 4 nitrogen and oxygen atoms in total. The molecule has 1 unspecified atom stereocenters. The number of aliphatic hydroxyl groups is 1. The van der Waals surface area contributed by atoms with Crippen molar-refractivity contribution in [1.82, 2.24) is 13.3 Å². The Balaban J connectivity index is 2.00. The maximum Gasteiger partial charge on any atom is 0.130 e. The number of hydrogen-bond donors (Lipinski definition) is 1. The number of halogens is 1. The van der Waals surface area contributed by atoms with Crippen molar-refractivity contribution in [1.29, 1.82) is 0 Å².